The van der Waals surface area contributed by atoms with Crippen molar-refractivity contribution in [1.82, 2.24) is 4.98 Å². The van der Waals surface area contributed by atoms with Gasteiger partial charge in [0, 0.05) is 16.0 Å². The number of hydrogen-bond donors (Lipinski definition) is 2. The number of nitrogens with one attached hydrogen (secondary N) is 1. The fourth-order valence-electron chi connectivity index (χ4n) is 2.14. The van der Waals surface area contributed by atoms with Crippen molar-refractivity contribution in [3.63, 3.8) is 0 Å². The van der Waals surface area contributed by atoms with Gasteiger partial charge >= 0.3 is 0 Å². The summed E-state index contributed by atoms with van der Waals surface area (Å²) < 4.78 is 5.53. The van der Waals surface area contributed by atoms with E-state index in [4.69, 9.17) is 10.2 Å². The second kappa shape index (κ2) is 5.21. The Morgan fingerprint density at radius 3 is 2.95 bits per heavy atom. The molecule has 1 amide bonds. The molecular weight excluding hydrogens is 286 g/mol. The largest absolute Gasteiger partial charge is 0.451 e. The Labute approximate surface area is 125 Å². The number of nitrogen functional groups attached to an aromatic ring is 1. The van der Waals surface area contributed by atoms with Crippen LogP contribution in [0.2, 0.25) is 0 Å². The highest BCUT2D eigenvalue weighted by atomic mass is 32.1. The first-order chi connectivity index (χ1) is 10.1. The molecule has 21 heavy (non-hydrogen) atoms. The van der Waals surface area contributed by atoms with Crippen LogP contribution < -0.4 is 11.1 Å². The zero-order valence-corrected chi connectivity index (χ0v) is 12.6. The van der Waals surface area contributed by atoms with Crippen LogP contribution in [0.3, 0.4) is 0 Å². The molecule has 0 aliphatic heterocycles. The van der Waals surface area contributed by atoms with E-state index in [9.17, 15) is 4.79 Å². The third kappa shape index (κ3) is 2.62. The number of thiazole rings is 1. The van der Waals surface area contributed by atoms with Crippen LogP contribution in [0.25, 0.3) is 11.0 Å². The molecule has 3 aromatic rings. The zero-order chi connectivity index (χ0) is 15.0. The summed E-state index contributed by atoms with van der Waals surface area (Å²) in [7, 11) is 0. The average Bonchev–Trinajstić information content (AvgIpc) is 3.01. The minimum absolute atomic E-state index is 0.251. The topological polar surface area (TPSA) is 81.2 Å². The van der Waals surface area contributed by atoms with Crippen LogP contribution >= 0.6 is 11.3 Å². The monoisotopic (exact) mass is 301 g/mol. The van der Waals surface area contributed by atoms with Crippen LogP contribution in [0.15, 0.2) is 28.7 Å². The summed E-state index contributed by atoms with van der Waals surface area (Å²) in [5, 5.41) is 4.17. The molecule has 0 atom stereocenters. The molecule has 0 saturated heterocycles. The lowest BCUT2D eigenvalue weighted by molar-refractivity contribution is 0.0998. The van der Waals surface area contributed by atoms with Crippen LogP contribution in [0, 0.1) is 6.92 Å². The molecule has 5 nitrogen and oxygen atoms in total. The Bertz CT molecular complexity index is 820. The van der Waals surface area contributed by atoms with Gasteiger partial charge in [-0.05, 0) is 37.6 Å². The van der Waals surface area contributed by atoms with Gasteiger partial charge in [0.1, 0.15) is 5.58 Å². The molecule has 0 spiro atoms. The summed E-state index contributed by atoms with van der Waals surface area (Å²) in [6.45, 7) is 4.04. The number of nitrogens with two attached hydrogens (primary N) is 1. The summed E-state index contributed by atoms with van der Waals surface area (Å²) in [6, 6.07) is 6.95. The van der Waals surface area contributed by atoms with Crippen LogP contribution in [0.1, 0.15) is 28.0 Å². The summed E-state index contributed by atoms with van der Waals surface area (Å²) in [4.78, 5) is 17.7. The summed E-state index contributed by atoms with van der Waals surface area (Å²) in [5.74, 6) is -0.0531. The van der Waals surface area contributed by atoms with Crippen molar-refractivity contribution in [2.75, 3.05) is 11.1 Å². The smallest absolute Gasteiger partial charge is 0.293 e. The Kier molecular flexibility index (Phi) is 3.39. The SMILES string of the molecule is CCc1nc(NC(=O)c2cc3cc(N)ccc3o2)sc1C. The highest BCUT2D eigenvalue weighted by Gasteiger charge is 2.15. The molecule has 3 N–H and O–H groups in total. The van der Waals surface area contributed by atoms with Crippen molar-refractivity contribution in [3.05, 3.63) is 40.6 Å². The quantitative estimate of drug-likeness (QED) is 0.724. The first-order valence-electron chi connectivity index (χ1n) is 6.63. The highest BCUT2D eigenvalue weighted by molar-refractivity contribution is 7.15. The number of aryl methyl sites for hydroxylation is 2. The number of amides is 1. The first kappa shape index (κ1) is 13.6. The standard InChI is InChI=1S/C15H15N3O2S/c1-3-11-8(2)21-15(17-11)18-14(19)13-7-9-6-10(16)4-5-12(9)20-13/h4-7H,3,16H2,1-2H3,(H,17,18,19). The van der Waals surface area contributed by atoms with Gasteiger partial charge in [0.05, 0.1) is 5.69 Å². The molecule has 0 radical (unpaired) electrons. The number of aromatic nitrogens is 1. The molecule has 2 heterocycles. The molecule has 0 aliphatic rings. The van der Waals surface area contributed by atoms with Gasteiger partial charge in [0.15, 0.2) is 10.9 Å². The Hall–Kier alpha value is -2.34. The van der Waals surface area contributed by atoms with E-state index in [-0.39, 0.29) is 11.7 Å². The lowest BCUT2D eigenvalue weighted by Gasteiger charge is -1.96. The molecule has 2 aromatic heterocycles. The van der Waals surface area contributed by atoms with E-state index in [2.05, 4.69) is 10.3 Å². The highest BCUT2D eigenvalue weighted by Crippen LogP contribution is 2.25. The predicted octanol–water partition coefficient (Wildman–Crippen LogP) is 3.59. The molecule has 0 unspecified atom stereocenters. The van der Waals surface area contributed by atoms with Gasteiger partial charge in [-0.15, -0.1) is 11.3 Å². The molecule has 1 aromatic carbocycles. The number of rotatable bonds is 3. The maximum Gasteiger partial charge on any atom is 0.293 e. The van der Waals surface area contributed by atoms with E-state index >= 15 is 0 Å². The minimum atomic E-state index is -0.304. The minimum Gasteiger partial charge on any atom is -0.451 e. The maximum atomic E-state index is 12.2. The summed E-state index contributed by atoms with van der Waals surface area (Å²) >= 11 is 1.47. The number of anilines is 2. The van der Waals surface area contributed by atoms with Crippen molar-refractivity contribution < 1.29 is 9.21 Å². The third-order valence-corrected chi connectivity index (χ3v) is 4.14. The molecule has 0 bridgehead atoms. The van der Waals surface area contributed by atoms with E-state index in [1.807, 2.05) is 13.8 Å². The number of furan rings is 1. The van der Waals surface area contributed by atoms with Gasteiger partial charge in [-0.2, -0.15) is 0 Å². The molecule has 108 valence electrons. The van der Waals surface area contributed by atoms with Gasteiger partial charge in [0.25, 0.3) is 5.91 Å². The Balaban J connectivity index is 1.86. The Morgan fingerprint density at radius 2 is 2.24 bits per heavy atom. The summed E-state index contributed by atoms with van der Waals surface area (Å²) in [6.07, 6.45) is 0.849. The van der Waals surface area contributed by atoms with Crippen molar-refractivity contribution in [3.8, 4) is 0 Å². The van der Waals surface area contributed by atoms with Gasteiger partial charge in [-0.25, -0.2) is 4.98 Å². The van der Waals surface area contributed by atoms with E-state index in [0.717, 1.165) is 22.4 Å². The second-order valence-electron chi connectivity index (χ2n) is 4.74. The average molecular weight is 301 g/mol. The molecular formula is C15H15N3O2S. The number of carbonyl (C=O) groups is 1. The van der Waals surface area contributed by atoms with Gasteiger partial charge in [0.2, 0.25) is 0 Å². The predicted molar refractivity (Wildman–Crippen MR) is 84.8 cm³/mol. The lowest BCUT2D eigenvalue weighted by Crippen LogP contribution is -2.10. The van der Waals surface area contributed by atoms with Crippen LogP contribution in [-0.2, 0) is 6.42 Å². The van der Waals surface area contributed by atoms with Gasteiger partial charge in [-0.3, -0.25) is 10.1 Å². The van der Waals surface area contributed by atoms with E-state index in [0.29, 0.717) is 16.4 Å². The molecule has 0 fully saturated rings. The van der Waals surface area contributed by atoms with Crippen LogP contribution in [-0.4, -0.2) is 10.9 Å². The molecule has 6 heteroatoms. The number of carbonyl (C=O) groups excluding carboxylic acids is 1. The van der Waals surface area contributed by atoms with E-state index < -0.39 is 0 Å². The fraction of sp³-hybridized carbons (Fsp3) is 0.200. The molecule has 0 saturated carbocycles. The van der Waals surface area contributed by atoms with Crippen molar-refractivity contribution in [2.45, 2.75) is 20.3 Å². The van der Waals surface area contributed by atoms with E-state index in [1.54, 1.807) is 24.3 Å². The van der Waals surface area contributed by atoms with Crippen LogP contribution in [0.5, 0.6) is 0 Å². The maximum absolute atomic E-state index is 12.2. The van der Waals surface area contributed by atoms with Gasteiger partial charge in [-0.1, -0.05) is 6.92 Å². The number of fused-ring (bicyclic) bond motifs is 1. The van der Waals surface area contributed by atoms with Crippen LogP contribution in [0.4, 0.5) is 10.8 Å². The normalized spacial score (nSPS) is 11.0. The number of benzene rings is 1. The third-order valence-electron chi connectivity index (χ3n) is 3.21. The Morgan fingerprint density at radius 1 is 1.43 bits per heavy atom. The number of nitrogens with zero attached hydrogens (tertiary/aromatic N) is 1. The lowest BCUT2D eigenvalue weighted by atomic mass is 10.2. The second-order valence-corrected chi connectivity index (χ2v) is 5.94. The molecule has 3 rings (SSSR count). The van der Waals surface area contributed by atoms with Gasteiger partial charge < -0.3 is 10.2 Å². The summed E-state index contributed by atoms with van der Waals surface area (Å²) in [5.41, 5.74) is 8.00. The van der Waals surface area contributed by atoms with Crippen molar-refractivity contribution in [2.24, 2.45) is 0 Å². The van der Waals surface area contributed by atoms with Crippen molar-refractivity contribution >= 4 is 39.0 Å². The first-order valence-corrected chi connectivity index (χ1v) is 7.45. The number of hydrogen-bond acceptors (Lipinski definition) is 5. The molecule has 0 aliphatic carbocycles. The fourth-order valence-corrected chi connectivity index (χ4v) is 3.04. The zero-order valence-electron chi connectivity index (χ0n) is 11.8. The van der Waals surface area contributed by atoms with E-state index in [1.165, 1.54) is 11.3 Å². The van der Waals surface area contributed by atoms with Crippen molar-refractivity contribution in [1.29, 1.82) is 0 Å².